The van der Waals surface area contributed by atoms with Crippen molar-refractivity contribution in [2.24, 2.45) is 5.92 Å². The Kier molecular flexibility index (Phi) is 4.51. The minimum Gasteiger partial charge on any atom is -0.477 e. The summed E-state index contributed by atoms with van der Waals surface area (Å²) >= 11 is 0. The normalized spacial score (nSPS) is 23.3. The van der Waals surface area contributed by atoms with Crippen LogP contribution in [0, 0.1) is 12.8 Å². The third-order valence-electron chi connectivity index (χ3n) is 4.00. The lowest BCUT2D eigenvalue weighted by Gasteiger charge is -2.27. The van der Waals surface area contributed by atoms with E-state index in [9.17, 15) is 4.79 Å². The Morgan fingerprint density at radius 1 is 1.32 bits per heavy atom. The lowest BCUT2D eigenvalue weighted by atomic mass is 9.79. The van der Waals surface area contributed by atoms with Gasteiger partial charge in [0.1, 0.15) is 5.82 Å². The molecule has 1 N–H and O–H groups in total. The summed E-state index contributed by atoms with van der Waals surface area (Å²) in [4.78, 5) is 19.7. The molecule has 0 radical (unpaired) electrons. The molecule has 19 heavy (non-hydrogen) atoms. The molecule has 0 spiro atoms. The third kappa shape index (κ3) is 3.52. The molecule has 1 aromatic heterocycles. The van der Waals surface area contributed by atoms with Gasteiger partial charge in [-0.15, -0.1) is 0 Å². The van der Waals surface area contributed by atoms with Crippen molar-refractivity contribution >= 4 is 5.97 Å². The van der Waals surface area contributed by atoms with Crippen LogP contribution < -0.4 is 0 Å². The van der Waals surface area contributed by atoms with Crippen molar-refractivity contribution in [2.45, 2.75) is 58.3 Å². The van der Waals surface area contributed by atoms with Crippen LogP contribution >= 0.6 is 0 Å². The topological polar surface area (TPSA) is 63.1 Å². The van der Waals surface area contributed by atoms with Gasteiger partial charge >= 0.3 is 5.97 Å². The molecule has 0 atom stereocenters. The molecule has 1 aliphatic carbocycles. The van der Waals surface area contributed by atoms with Gasteiger partial charge in [-0.05, 0) is 44.6 Å². The minimum atomic E-state index is -0.966. The molecule has 0 unspecified atom stereocenters. The van der Waals surface area contributed by atoms with Crippen molar-refractivity contribution in [1.82, 2.24) is 9.97 Å². The van der Waals surface area contributed by atoms with Gasteiger partial charge in [0.05, 0.1) is 0 Å². The summed E-state index contributed by atoms with van der Waals surface area (Å²) in [7, 11) is 0. The number of carbonyl (C=O) groups is 1. The first kappa shape index (κ1) is 14.0. The van der Waals surface area contributed by atoms with Crippen LogP contribution in [0.2, 0.25) is 0 Å². The van der Waals surface area contributed by atoms with Crippen LogP contribution in [0.4, 0.5) is 0 Å². The van der Waals surface area contributed by atoms with E-state index in [1.54, 1.807) is 0 Å². The second-order valence-electron chi connectivity index (χ2n) is 5.56. The van der Waals surface area contributed by atoms with E-state index in [1.165, 1.54) is 31.7 Å². The first-order valence-corrected chi connectivity index (χ1v) is 7.19. The summed E-state index contributed by atoms with van der Waals surface area (Å²) in [6, 6.07) is 1.54. The van der Waals surface area contributed by atoms with Crippen LogP contribution in [-0.4, -0.2) is 21.0 Å². The van der Waals surface area contributed by atoms with Crippen LogP contribution in [0.15, 0.2) is 6.07 Å². The summed E-state index contributed by atoms with van der Waals surface area (Å²) in [6.07, 6.45) is 7.18. The molecular formula is C15H22N2O2. The summed E-state index contributed by atoms with van der Waals surface area (Å²) in [5.41, 5.74) is 0.872. The maximum Gasteiger partial charge on any atom is 0.354 e. The van der Waals surface area contributed by atoms with Crippen LogP contribution in [0.3, 0.4) is 0 Å². The zero-order chi connectivity index (χ0) is 13.8. The van der Waals surface area contributed by atoms with Crippen molar-refractivity contribution in [2.75, 3.05) is 0 Å². The standard InChI is InChI=1S/C15H22N2O2/c1-3-4-11-5-7-12(8-6-11)14-16-10(2)9-13(17-14)15(18)19/h9,11-12H,3-8H2,1-2H3,(H,18,19). The Labute approximate surface area is 114 Å². The average molecular weight is 262 g/mol. The summed E-state index contributed by atoms with van der Waals surface area (Å²) in [6.45, 7) is 4.06. The van der Waals surface area contributed by atoms with Gasteiger partial charge in [0.25, 0.3) is 0 Å². The molecule has 1 saturated carbocycles. The molecule has 1 heterocycles. The number of carboxylic acids is 1. The van der Waals surface area contributed by atoms with E-state index in [0.717, 1.165) is 30.3 Å². The molecule has 4 nitrogen and oxygen atoms in total. The SMILES string of the molecule is CCCC1CCC(c2nc(C)cc(C(=O)O)n2)CC1. The second-order valence-corrected chi connectivity index (χ2v) is 5.56. The molecular weight excluding hydrogens is 240 g/mol. The third-order valence-corrected chi connectivity index (χ3v) is 4.00. The van der Waals surface area contributed by atoms with E-state index in [4.69, 9.17) is 5.11 Å². The largest absolute Gasteiger partial charge is 0.477 e. The minimum absolute atomic E-state index is 0.123. The van der Waals surface area contributed by atoms with Crippen molar-refractivity contribution in [1.29, 1.82) is 0 Å². The number of hydrogen-bond donors (Lipinski definition) is 1. The van der Waals surface area contributed by atoms with Crippen molar-refractivity contribution in [3.8, 4) is 0 Å². The van der Waals surface area contributed by atoms with E-state index in [-0.39, 0.29) is 5.69 Å². The van der Waals surface area contributed by atoms with E-state index in [1.807, 2.05) is 6.92 Å². The summed E-state index contributed by atoms with van der Waals surface area (Å²) in [5.74, 6) is 0.940. The van der Waals surface area contributed by atoms with E-state index < -0.39 is 5.97 Å². The number of nitrogens with zero attached hydrogens (tertiary/aromatic N) is 2. The highest BCUT2D eigenvalue weighted by Crippen LogP contribution is 2.36. The van der Waals surface area contributed by atoms with Crippen LogP contribution in [0.5, 0.6) is 0 Å². The Bertz CT molecular complexity index is 451. The lowest BCUT2D eigenvalue weighted by Crippen LogP contribution is -2.17. The fourth-order valence-electron chi connectivity index (χ4n) is 3.00. The van der Waals surface area contributed by atoms with E-state index in [2.05, 4.69) is 16.9 Å². The fourth-order valence-corrected chi connectivity index (χ4v) is 3.00. The maximum atomic E-state index is 11.0. The summed E-state index contributed by atoms with van der Waals surface area (Å²) < 4.78 is 0. The molecule has 0 aromatic carbocycles. The lowest BCUT2D eigenvalue weighted by molar-refractivity contribution is 0.0689. The van der Waals surface area contributed by atoms with Crippen molar-refractivity contribution < 1.29 is 9.90 Å². The molecule has 0 bridgehead atoms. The van der Waals surface area contributed by atoms with Crippen LogP contribution in [-0.2, 0) is 0 Å². The van der Waals surface area contributed by atoms with Crippen LogP contribution in [0.25, 0.3) is 0 Å². The Morgan fingerprint density at radius 3 is 2.58 bits per heavy atom. The number of aryl methyl sites for hydroxylation is 1. The predicted molar refractivity (Wildman–Crippen MR) is 73.3 cm³/mol. The number of aromatic carboxylic acids is 1. The van der Waals surface area contributed by atoms with Crippen LogP contribution in [0.1, 0.15) is 73.4 Å². The van der Waals surface area contributed by atoms with Gasteiger partial charge in [0, 0.05) is 11.6 Å². The Balaban J connectivity index is 2.09. The highest BCUT2D eigenvalue weighted by Gasteiger charge is 2.24. The van der Waals surface area contributed by atoms with Gasteiger partial charge in [0.15, 0.2) is 5.69 Å². The predicted octanol–water partition coefficient (Wildman–Crippen LogP) is 3.56. The monoisotopic (exact) mass is 262 g/mol. The smallest absolute Gasteiger partial charge is 0.354 e. The molecule has 0 saturated heterocycles. The molecule has 2 rings (SSSR count). The van der Waals surface area contributed by atoms with Gasteiger partial charge < -0.3 is 5.11 Å². The Hall–Kier alpha value is -1.45. The zero-order valence-corrected chi connectivity index (χ0v) is 11.7. The van der Waals surface area contributed by atoms with Gasteiger partial charge in [-0.2, -0.15) is 0 Å². The first-order chi connectivity index (χ1) is 9.10. The number of hydrogen-bond acceptors (Lipinski definition) is 3. The first-order valence-electron chi connectivity index (χ1n) is 7.19. The molecule has 0 aliphatic heterocycles. The molecule has 1 fully saturated rings. The second kappa shape index (κ2) is 6.13. The van der Waals surface area contributed by atoms with Gasteiger partial charge in [-0.1, -0.05) is 19.8 Å². The maximum absolute atomic E-state index is 11.0. The molecule has 0 amide bonds. The quantitative estimate of drug-likeness (QED) is 0.901. The number of rotatable bonds is 4. The Morgan fingerprint density at radius 2 is 2.00 bits per heavy atom. The van der Waals surface area contributed by atoms with E-state index in [0.29, 0.717) is 5.92 Å². The van der Waals surface area contributed by atoms with Crippen molar-refractivity contribution in [3.63, 3.8) is 0 Å². The average Bonchev–Trinajstić information content (AvgIpc) is 2.39. The molecule has 4 heteroatoms. The molecule has 104 valence electrons. The number of carboxylic acid groups (broad SMARTS) is 1. The highest BCUT2D eigenvalue weighted by molar-refractivity contribution is 5.85. The fraction of sp³-hybridized carbons (Fsp3) is 0.667. The van der Waals surface area contributed by atoms with Crippen molar-refractivity contribution in [3.05, 3.63) is 23.3 Å². The van der Waals surface area contributed by atoms with Gasteiger partial charge in [0.2, 0.25) is 0 Å². The van der Waals surface area contributed by atoms with E-state index >= 15 is 0 Å². The molecule has 1 aromatic rings. The molecule has 1 aliphatic rings. The number of aromatic nitrogens is 2. The highest BCUT2D eigenvalue weighted by atomic mass is 16.4. The zero-order valence-electron chi connectivity index (χ0n) is 11.7. The summed E-state index contributed by atoms with van der Waals surface area (Å²) in [5, 5.41) is 9.05. The van der Waals surface area contributed by atoms with Gasteiger partial charge in [-0.25, -0.2) is 14.8 Å². The van der Waals surface area contributed by atoms with Gasteiger partial charge in [-0.3, -0.25) is 0 Å².